The molecule has 0 unspecified atom stereocenters. The molecule has 1 aromatic rings. The molecule has 1 N–H and O–H groups in total. The maximum Gasteiger partial charge on any atom is 0.183 e. The van der Waals surface area contributed by atoms with Crippen LogP contribution in [0.3, 0.4) is 0 Å². The molecule has 1 fully saturated rings. The van der Waals surface area contributed by atoms with Crippen molar-refractivity contribution in [2.45, 2.75) is 6.04 Å². The van der Waals surface area contributed by atoms with Gasteiger partial charge in [0, 0.05) is 31.5 Å². The monoisotopic (exact) mass is 189 g/mol. The van der Waals surface area contributed by atoms with Crippen LogP contribution in [0.2, 0.25) is 0 Å². The zero-order valence-electron chi connectivity index (χ0n) is 7.94. The number of nitrogens with zero attached hydrogens (tertiary/aromatic N) is 4. The smallest absolute Gasteiger partial charge is 0.183 e. The average Bonchev–Trinajstić information content (AvgIpc) is 2.17. The summed E-state index contributed by atoms with van der Waals surface area (Å²) in [5.74, 6) is 0.696. The summed E-state index contributed by atoms with van der Waals surface area (Å²) in [6, 6.07) is 2.55. The summed E-state index contributed by atoms with van der Waals surface area (Å²) in [5, 5.41) is 12.0. The van der Waals surface area contributed by atoms with Crippen LogP contribution in [0.4, 0.5) is 5.82 Å². The van der Waals surface area contributed by atoms with Crippen LogP contribution in [0, 0.1) is 11.3 Å². The predicted molar refractivity (Wildman–Crippen MR) is 51.8 cm³/mol. The number of nitriles is 1. The molecule has 0 saturated carbocycles. The van der Waals surface area contributed by atoms with Gasteiger partial charge < -0.3 is 10.2 Å². The van der Waals surface area contributed by atoms with Gasteiger partial charge in [-0.15, -0.1) is 0 Å². The molecule has 2 rings (SSSR count). The third-order valence-electron chi connectivity index (χ3n) is 2.37. The van der Waals surface area contributed by atoms with Gasteiger partial charge in [0.05, 0.1) is 0 Å². The number of nitrogens with one attached hydrogen (secondary N) is 1. The van der Waals surface area contributed by atoms with E-state index in [-0.39, 0.29) is 0 Å². The topological polar surface area (TPSA) is 64.8 Å². The first-order valence-corrected chi connectivity index (χ1v) is 4.48. The van der Waals surface area contributed by atoms with Crippen LogP contribution in [0.5, 0.6) is 0 Å². The second-order valence-corrected chi connectivity index (χ2v) is 3.23. The van der Waals surface area contributed by atoms with Crippen LogP contribution >= 0.6 is 0 Å². The van der Waals surface area contributed by atoms with Crippen LogP contribution in [-0.4, -0.2) is 36.1 Å². The fraction of sp³-hybridized carbons (Fsp3) is 0.444. The number of aromatic nitrogens is 2. The van der Waals surface area contributed by atoms with Crippen LogP contribution < -0.4 is 10.2 Å². The summed E-state index contributed by atoms with van der Waals surface area (Å²) >= 11 is 0. The summed E-state index contributed by atoms with van der Waals surface area (Å²) in [6.07, 6.45) is 3.15. The molecule has 1 saturated heterocycles. The molecule has 14 heavy (non-hydrogen) atoms. The standard InChI is InChI=1S/C9H11N5/c1-11-7-5-14(6-7)9-8(4-10)12-2-3-13-9/h2-3,7,11H,5-6H2,1H3. The van der Waals surface area contributed by atoms with E-state index in [1.807, 2.05) is 18.0 Å². The fourth-order valence-corrected chi connectivity index (χ4v) is 1.48. The number of rotatable bonds is 2. The summed E-state index contributed by atoms with van der Waals surface area (Å²) in [6.45, 7) is 1.79. The Morgan fingerprint density at radius 2 is 2.21 bits per heavy atom. The lowest BCUT2D eigenvalue weighted by Gasteiger charge is -2.39. The van der Waals surface area contributed by atoms with Crippen molar-refractivity contribution in [3.05, 3.63) is 18.1 Å². The zero-order chi connectivity index (χ0) is 9.97. The van der Waals surface area contributed by atoms with E-state index < -0.39 is 0 Å². The Labute approximate surface area is 82.4 Å². The van der Waals surface area contributed by atoms with E-state index in [2.05, 4.69) is 15.3 Å². The molecular weight excluding hydrogens is 178 g/mol. The molecule has 0 radical (unpaired) electrons. The lowest BCUT2D eigenvalue weighted by Crippen LogP contribution is -2.57. The van der Waals surface area contributed by atoms with Crippen molar-refractivity contribution in [1.82, 2.24) is 15.3 Å². The predicted octanol–water partition coefficient (Wildman–Crippen LogP) is -0.244. The molecule has 0 bridgehead atoms. The van der Waals surface area contributed by atoms with Crippen molar-refractivity contribution in [3.8, 4) is 6.07 Å². The van der Waals surface area contributed by atoms with Gasteiger partial charge in [0.15, 0.2) is 11.5 Å². The summed E-state index contributed by atoms with van der Waals surface area (Å²) in [7, 11) is 1.93. The first kappa shape index (κ1) is 8.91. The maximum atomic E-state index is 8.82. The summed E-state index contributed by atoms with van der Waals surface area (Å²) in [5.41, 5.74) is 0.405. The van der Waals surface area contributed by atoms with Crippen molar-refractivity contribution in [3.63, 3.8) is 0 Å². The van der Waals surface area contributed by atoms with Crippen LogP contribution in [0.1, 0.15) is 5.69 Å². The highest BCUT2D eigenvalue weighted by Gasteiger charge is 2.28. The van der Waals surface area contributed by atoms with Crippen molar-refractivity contribution < 1.29 is 0 Å². The Morgan fingerprint density at radius 3 is 2.86 bits per heavy atom. The molecule has 1 aliphatic rings. The fourth-order valence-electron chi connectivity index (χ4n) is 1.48. The molecule has 0 spiro atoms. The van der Waals surface area contributed by atoms with Crippen LogP contribution in [-0.2, 0) is 0 Å². The van der Waals surface area contributed by atoms with Gasteiger partial charge in [-0.2, -0.15) is 5.26 Å². The van der Waals surface area contributed by atoms with E-state index in [0.29, 0.717) is 17.6 Å². The highest BCUT2D eigenvalue weighted by atomic mass is 15.3. The molecule has 2 heterocycles. The Hall–Kier alpha value is -1.67. The molecule has 0 aromatic carbocycles. The number of hydrogen-bond donors (Lipinski definition) is 1. The molecule has 72 valence electrons. The third kappa shape index (κ3) is 1.40. The van der Waals surface area contributed by atoms with Crippen molar-refractivity contribution in [2.75, 3.05) is 25.0 Å². The van der Waals surface area contributed by atoms with E-state index in [0.717, 1.165) is 13.1 Å². The molecule has 1 aliphatic heterocycles. The minimum absolute atomic E-state index is 0.405. The van der Waals surface area contributed by atoms with Crippen molar-refractivity contribution in [2.24, 2.45) is 0 Å². The van der Waals surface area contributed by atoms with Gasteiger partial charge in [-0.25, -0.2) is 9.97 Å². The lowest BCUT2D eigenvalue weighted by molar-refractivity contribution is 0.446. The summed E-state index contributed by atoms with van der Waals surface area (Å²) in [4.78, 5) is 10.2. The third-order valence-corrected chi connectivity index (χ3v) is 2.37. The maximum absolute atomic E-state index is 8.82. The van der Waals surface area contributed by atoms with Gasteiger partial charge in [-0.3, -0.25) is 0 Å². The molecular formula is C9H11N5. The number of hydrogen-bond acceptors (Lipinski definition) is 5. The Morgan fingerprint density at radius 1 is 1.50 bits per heavy atom. The number of likely N-dealkylation sites (N-methyl/N-ethyl adjacent to an activating group) is 1. The SMILES string of the molecule is CNC1CN(c2nccnc2C#N)C1. The quantitative estimate of drug-likeness (QED) is 0.695. The highest BCUT2D eigenvalue weighted by Crippen LogP contribution is 2.19. The van der Waals surface area contributed by atoms with E-state index >= 15 is 0 Å². The van der Waals surface area contributed by atoms with Gasteiger partial charge >= 0.3 is 0 Å². The number of anilines is 1. The molecule has 0 atom stereocenters. The molecule has 0 aliphatic carbocycles. The second-order valence-electron chi connectivity index (χ2n) is 3.23. The Kier molecular flexibility index (Phi) is 2.29. The molecule has 5 heteroatoms. The van der Waals surface area contributed by atoms with Gasteiger partial charge in [0.2, 0.25) is 0 Å². The summed E-state index contributed by atoms with van der Waals surface area (Å²) < 4.78 is 0. The lowest BCUT2D eigenvalue weighted by atomic mass is 10.1. The van der Waals surface area contributed by atoms with Gasteiger partial charge in [-0.05, 0) is 7.05 Å². The first-order chi connectivity index (χ1) is 6.85. The van der Waals surface area contributed by atoms with Crippen molar-refractivity contribution in [1.29, 1.82) is 5.26 Å². The Bertz CT molecular complexity index is 364. The molecule has 0 amide bonds. The Balaban J connectivity index is 2.15. The van der Waals surface area contributed by atoms with Crippen molar-refractivity contribution >= 4 is 5.82 Å². The molecule has 1 aromatic heterocycles. The van der Waals surface area contributed by atoms with Crippen LogP contribution in [0.15, 0.2) is 12.4 Å². The minimum Gasteiger partial charge on any atom is -0.351 e. The van der Waals surface area contributed by atoms with Gasteiger partial charge in [-0.1, -0.05) is 0 Å². The second kappa shape index (κ2) is 3.60. The van der Waals surface area contributed by atoms with E-state index in [1.54, 1.807) is 6.20 Å². The highest BCUT2D eigenvalue weighted by molar-refractivity contribution is 5.51. The van der Waals surface area contributed by atoms with Gasteiger partial charge in [0.1, 0.15) is 6.07 Å². The largest absolute Gasteiger partial charge is 0.351 e. The zero-order valence-corrected chi connectivity index (χ0v) is 7.94. The molecule has 5 nitrogen and oxygen atoms in total. The van der Waals surface area contributed by atoms with E-state index in [9.17, 15) is 0 Å². The van der Waals surface area contributed by atoms with Crippen LogP contribution in [0.25, 0.3) is 0 Å². The van der Waals surface area contributed by atoms with E-state index in [4.69, 9.17) is 5.26 Å². The van der Waals surface area contributed by atoms with Gasteiger partial charge in [0.25, 0.3) is 0 Å². The normalized spacial score (nSPS) is 16.1. The minimum atomic E-state index is 0.405. The average molecular weight is 189 g/mol. The van der Waals surface area contributed by atoms with E-state index in [1.165, 1.54) is 6.20 Å². The first-order valence-electron chi connectivity index (χ1n) is 4.48.